The zero-order valence-electron chi connectivity index (χ0n) is 16.8. The molecule has 0 atom stereocenters. The molecule has 0 fully saturated rings. The lowest BCUT2D eigenvalue weighted by atomic mass is 10.2. The lowest BCUT2D eigenvalue weighted by Gasteiger charge is -2.11. The summed E-state index contributed by atoms with van der Waals surface area (Å²) < 4.78 is 1.93. The molecule has 4 aromatic rings. The van der Waals surface area contributed by atoms with Crippen molar-refractivity contribution in [3.8, 4) is 17.1 Å². The monoisotopic (exact) mass is 502 g/mol. The molecular formula is C23H17Cl3N4OS. The Morgan fingerprint density at radius 1 is 0.906 bits per heavy atom. The van der Waals surface area contributed by atoms with Gasteiger partial charge in [0.05, 0.1) is 5.75 Å². The van der Waals surface area contributed by atoms with Crippen LogP contribution in [0.2, 0.25) is 15.1 Å². The van der Waals surface area contributed by atoms with Gasteiger partial charge in [-0.25, -0.2) is 0 Å². The van der Waals surface area contributed by atoms with Crippen molar-refractivity contribution in [3.05, 3.63) is 87.4 Å². The first kappa shape index (κ1) is 22.7. The van der Waals surface area contributed by atoms with Gasteiger partial charge in [-0.2, -0.15) is 0 Å². The number of amides is 1. The molecule has 0 aliphatic heterocycles. The molecule has 0 unspecified atom stereocenters. The number of hydrogen-bond donors (Lipinski definition) is 1. The first-order valence-electron chi connectivity index (χ1n) is 9.56. The number of nitrogens with one attached hydrogen (secondary N) is 1. The van der Waals surface area contributed by atoms with E-state index in [1.54, 1.807) is 30.3 Å². The van der Waals surface area contributed by atoms with Crippen molar-refractivity contribution in [2.24, 2.45) is 0 Å². The Hall–Kier alpha value is -2.51. The number of benzene rings is 3. The normalized spacial score (nSPS) is 10.9. The third kappa shape index (κ3) is 5.45. The molecule has 9 heteroatoms. The maximum atomic E-state index is 12.5. The van der Waals surface area contributed by atoms with E-state index in [2.05, 4.69) is 15.5 Å². The molecule has 4 rings (SSSR count). The predicted octanol–water partition coefficient (Wildman–Crippen LogP) is 6.93. The van der Waals surface area contributed by atoms with Crippen LogP contribution in [-0.4, -0.2) is 26.4 Å². The molecule has 1 heterocycles. The van der Waals surface area contributed by atoms with Crippen molar-refractivity contribution >= 4 is 58.2 Å². The van der Waals surface area contributed by atoms with Crippen LogP contribution in [0.5, 0.6) is 0 Å². The van der Waals surface area contributed by atoms with Crippen LogP contribution in [0.3, 0.4) is 0 Å². The van der Waals surface area contributed by atoms with Crippen LogP contribution < -0.4 is 5.32 Å². The Morgan fingerprint density at radius 3 is 2.22 bits per heavy atom. The maximum Gasteiger partial charge on any atom is 0.234 e. The summed E-state index contributed by atoms with van der Waals surface area (Å²) in [5.41, 5.74) is 3.45. The summed E-state index contributed by atoms with van der Waals surface area (Å²) in [5.74, 6) is 0.587. The largest absolute Gasteiger partial charge is 0.325 e. The van der Waals surface area contributed by atoms with Gasteiger partial charge in [0.15, 0.2) is 11.0 Å². The van der Waals surface area contributed by atoms with E-state index in [1.807, 2.05) is 47.9 Å². The highest BCUT2D eigenvalue weighted by molar-refractivity contribution is 7.99. The molecule has 0 radical (unpaired) electrons. The number of carbonyl (C=O) groups excluding carboxylic acids is 1. The van der Waals surface area contributed by atoms with Gasteiger partial charge in [0.2, 0.25) is 5.91 Å². The first-order chi connectivity index (χ1) is 15.4. The molecule has 1 aromatic heterocycles. The fraction of sp³-hybridized carbons (Fsp3) is 0.0870. The molecule has 0 aliphatic rings. The van der Waals surface area contributed by atoms with Gasteiger partial charge in [0, 0.05) is 32.0 Å². The van der Waals surface area contributed by atoms with Crippen molar-refractivity contribution in [2.45, 2.75) is 12.1 Å². The SMILES string of the molecule is Cc1ccc(-n2c(SCC(=O)Nc3cc(Cl)cc(Cl)c3)nnc2-c2ccc(Cl)cc2)cc1. The number of aromatic nitrogens is 3. The second kappa shape index (κ2) is 9.96. The molecule has 0 spiro atoms. The van der Waals surface area contributed by atoms with E-state index in [0.29, 0.717) is 31.7 Å². The summed E-state index contributed by atoms with van der Waals surface area (Å²) in [4.78, 5) is 12.5. The smallest absolute Gasteiger partial charge is 0.234 e. The average Bonchev–Trinajstić information content (AvgIpc) is 3.16. The molecule has 5 nitrogen and oxygen atoms in total. The molecule has 0 saturated carbocycles. The maximum absolute atomic E-state index is 12.5. The summed E-state index contributed by atoms with van der Waals surface area (Å²) in [6.45, 7) is 2.03. The fourth-order valence-corrected chi connectivity index (χ4v) is 4.43. The summed E-state index contributed by atoms with van der Waals surface area (Å²) in [7, 11) is 0. The molecule has 3 aromatic carbocycles. The Bertz CT molecular complexity index is 1240. The lowest BCUT2D eigenvalue weighted by Crippen LogP contribution is -2.14. The lowest BCUT2D eigenvalue weighted by molar-refractivity contribution is -0.113. The summed E-state index contributed by atoms with van der Waals surface area (Å²) >= 11 is 19.3. The van der Waals surface area contributed by atoms with E-state index >= 15 is 0 Å². The molecule has 0 aliphatic carbocycles. The van der Waals surface area contributed by atoms with Crippen LogP contribution in [-0.2, 0) is 4.79 Å². The third-order valence-electron chi connectivity index (χ3n) is 4.51. The minimum Gasteiger partial charge on any atom is -0.325 e. The second-order valence-corrected chi connectivity index (χ2v) is 9.23. The number of hydrogen-bond acceptors (Lipinski definition) is 4. The van der Waals surface area contributed by atoms with Gasteiger partial charge in [-0.05, 0) is 61.5 Å². The van der Waals surface area contributed by atoms with Gasteiger partial charge in [-0.3, -0.25) is 9.36 Å². The number of anilines is 1. The highest BCUT2D eigenvalue weighted by atomic mass is 35.5. The Morgan fingerprint density at radius 2 is 1.56 bits per heavy atom. The molecule has 0 saturated heterocycles. The highest BCUT2D eigenvalue weighted by Gasteiger charge is 2.17. The van der Waals surface area contributed by atoms with E-state index in [9.17, 15) is 4.79 Å². The number of halogens is 3. The van der Waals surface area contributed by atoms with Crippen LogP contribution in [0, 0.1) is 6.92 Å². The Labute approximate surface area is 204 Å². The Kier molecular flexibility index (Phi) is 7.06. The average molecular weight is 504 g/mol. The van der Waals surface area contributed by atoms with Crippen molar-refractivity contribution in [3.63, 3.8) is 0 Å². The van der Waals surface area contributed by atoms with Crippen LogP contribution in [0.1, 0.15) is 5.56 Å². The zero-order valence-corrected chi connectivity index (χ0v) is 19.9. The number of rotatable bonds is 6. The van der Waals surface area contributed by atoms with Gasteiger partial charge < -0.3 is 5.32 Å². The van der Waals surface area contributed by atoms with Gasteiger partial charge in [-0.15, -0.1) is 10.2 Å². The molecule has 32 heavy (non-hydrogen) atoms. The third-order valence-corrected chi connectivity index (χ3v) is 6.12. The first-order valence-corrected chi connectivity index (χ1v) is 11.7. The van der Waals surface area contributed by atoms with Gasteiger partial charge >= 0.3 is 0 Å². The van der Waals surface area contributed by atoms with E-state index in [0.717, 1.165) is 16.8 Å². The van der Waals surface area contributed by atoms with Crippen molar-refractivity contribution in [1.82, 2.24) is 14.8 Å². The van der Waals surface area contributed by atoms with E-state index in [-0.39, 0.29) is 11.7 Å². The van der Waals surface area contributed by atoms with E-state index < -0.39 is 0 Å². The van der Waals surface area contributed by atoms with E-state index in [1.165, 1.54) is 11.8 Å². The summed E-state index contributed by atoms with van der Waals surface area (Å²) in [5, 5.41) is 13.7. The van der Waals surface area contributed by atoms with Crippen molar-refractivity contribution < 1.29 is 4.79 Å². The van der Waals surface area contributed by atoms with Crippen LogP contribution >= 0.6 is 46.6 Å². The van der Waals surface area contributed by atoms with Crippen LogP contribution in [0.4, 0.5) is 5.69 Å². The second-order valence-electron chi connectivity index (χ2n) is 6.98. The number of carbonyl (C=O) groups is 1. The van der Waals surface area contributed by atoms with E-state index in [4.69, 9.17) is 34.8 Å². The predicted molar refractivity (Wildman–Crippen MR) is 132 cm³/mol. The minimum absolute atomic E-state index is 0.134. The molecule has 162 valence electrons. The topological polar surface area (TPSA) is 59.8 Å². The zero-order chi connectivity index (χ0) is 22.7. The quantitative estimate of drug-likeness (QED) is 0.290. The standard InChI is InChI=1S/C23H17Cl3N4OS/c1-14-2-8-20(9-3-14)30-22(15-4-6-16(24)7-5-15)28-29-23(30)32-13-21(31)27-19-11-17(25)10-18(26)12-19/h2-12H,13H2,1H3,(H,27,31). The van der Waals surface area contributed by atoms with Gasteiger partial charge in [0.25, 0.3) is 0 Å². The number of aryl methyl sites for hydroxylation is 1. The molecule has 1 amide bonds. The molecule has 0 bridgehead atoms. The molecule has 1 N–H and O–H groups in total. The van der Waals surface area contributed by atoms with Gasteiger partial charge in [-0.1, -0.05) is 64.3 Å². The van der Waals surface area contributed by atoms with Gasteiger partial charge in [0.1, 0.15) is 0 Å². The van der Waals surface area contributed by atoms with Crippen LogP contribution in [0.15, 0.2) is 71.9 Å². The summed E-state index contributed by atoms with van der Waals surface area (Å²) in [6.07, 6.45) is 0. The van der Waals surface area contributed by atoms with Crippen molar-refractivity contribution in [2.75, 3.05) is 11.1 Å². The Balaban J connectivity index is 1.59. The molecular weight excluding hydrogens is 487 g/mol. The minimum atomic E-state index is -0.208. The number of thioether (sulfide) groups is 1. The van der Waals surface area contributed by atoms with Crippen LogP contribution in [0.25, 0.3) is 17.1 Å². The fourth-order valence-electron chi connectivity index (χ4n) is 3.03. The summed E-state index contributed by atoms with van der Waals surface area (Å²) in [6, 6.07) is 20.3. The van der Waals surface area contributed by atoms with Crippen molar-refractivity contribution in [1.29, 1.82) is 0 Å². The number of nitrogens with zero attached hydrogens (tertiary/aromatic N) is 3. The highest BCUT2D eigenvalue weighted by Crippen LogP contribution is 2.29.